The van der Waals surface area contributed by atoms with Crippen LogP contribution in [0.15, 0.2) is 35.9 Å². The van der Waals surface area contributed by atoms with Crippen LogP contribution in [0.25, 0.3) is 0 Å². The largest absolute Gasteiger partial charge is 0.458 e. The van der Waals surface area contributed by atoms with Crippen LogP contribution in [0, 0.1) is 28.6 Å². The summed E-state index contributed by atoms with van der Waals surface area (Å²) >= 11 is 6.01. The van der Waals surface area contributed by atoms with Gasteiger partial charge in [0.2, 0.25) is 0 Å². The maximum absolute atomic E-state index is 12.6. The minimum absolute atomic E-state index is 0.00975. The van der Waals surface area contributed by atoms with Gasteiger partial charge in [0.05, 0.1) is 11.7 Å². The van der Waals surface area contributed by atoms with Crippen LogP contribution in [-0.4, -0.2) is 29.1 Å². The number of carbonyl (C=O) groups excluding carboxylic acids is 2. The van der Waals surface area contributed by atoms with Crippen LogP contribution < -0.4 is 0 Å². The summed E-state index contributed by atoms with van der Waals surface area (Å²) in [4.78, 5) is 25.2. The first-order valence-electron chi connectivity index (χ1n) is 11.6. The SMILES string of the molecule is C[C@]12CC[C@H](OC(=O)c3cccc(Cl)c3)CC1=C[C@@H](O)[C@@H]1[C@@H]2CC[C@]2(C)C(=O)CC[C@@H]12. The molecule has 4 aliphatic carbocycles. The molecule has 5 rings (SSSR count). The minimum atomic E-state index is -0.522. The summed E-state index contributed by atoms with van der Waals surface area (Å²) < 4.78 is 5.83. The fourth-order valence-corrected chi connectivity index (χ4v) is 7.51. The third-order valence-electron chi connectivity index (χ3n) is 9.13. The van der Waals surface area contributed by atoms with Crippen molar-refractivity contribution in [2.45, 2.75) is 71.0 Å². The van der Waals surface area contributed by atoms with Crippen molar-refractivity contribution in [2.75, 3.05) is 0 Å². The Morgan fingerprint density at radius 3 is 2.65 bits per heavy atom. The maximum Gasteiger partial charge on any atom is 0.338 e. The van der Waals surface area contributed by atoms with E-state index in [1.54, 1.807) is 24.3 Å². The Hall–Kier alpha value is -1.65. The van der Waals surface area contributed by atoms with E-state index in [-0.39, 0.29) is 34.7 Å². The first-order chi connectivity index (χ1) is 14.7. The molecule has 166 valence electrons. The highest BCUT2D eigenvalue weighted by Crippen LogP contribution is 2.64. The number of halogens is 1. The van der Waals surface area contributed by atoms with Gasteiger partial charge in [0.15, 0.2) is 0 Å². The Bertz CT molecular complexity index is 954. The lowest BCUT2D eigenvalue weighted by Crippen LogP contribution is -2.54. The zero-order valence-electron chi connectivity index (χ0n) is 18.3. The first-order valence-corrected chi connectivity index (χ1v) is 12.0. The van der Waals surface area contributed by atoms with Crippen LogP contribution in [0.1, 0.15) is 69.2 Å². The van der Waals surface area contributed by atoms with Crippen molar-refractivity contribution in [1.82, 2.24) is 0 Å². The third kappa shape index (κ3) is 3.29. The predicted molar refractivity (Wildman–Crippen MR) is 119 cm³/mol. The fourth-order valence-electron chi connectivity index (χ4n) is 7.32. The number of Topliss-reactive ketones (excluding diaryl/α,β-unsaturated/α-hetero) is 1. The van der Waals surface area contributed by atoms with Gasteiger partial charge < -0.3 is 9.84 Å². The zero-order chi connectivity index (χ0) is 22.0. The van der Waals surface area contributed by atoms with Crippen molar-refractivity contribution in [3.05, 3.63) is 46.5 Å². The molecular formula is C26H31ClO4. The topological polar surface area (TPSA) is 63.6 Å². The molecule has 1 N–H and O–H groups in total. The molecule has 0 spiro atoms. The molecule has 4 nitrogen and oxygen atoms in total. The van der Waals surface area contributed by atoms with E-state index >= 15 is 0 Å². The smallest absolute Gasteiger partial charge is 0.338 e. The summed E-state index contributed by atoms with van der Waals surface area (Å²) in [6, 6.07) is 6.84. The highest BCUT2D eigenvalue weighted by Gasteiger charge is 2.60. The normalized spacial score (nSPS) is 41.6. The second-order valence-corrected chi connectivity index (χ2v) is 11.0. The van der Waals surface area contributed by atoms with Gasteiger partial charge in [-0.05, 0) is 73.5 Å². The lowest BCUT2D eigenvalue weighted by molar-refractivity contribution is -0.135. The number of fused-ring (bicyclic) bond motifs is 5. The fraction of sp³-hybridized carbons (Fsp3) is 0.615. The van der Waals surface area contributed by atoms with E-state index in [0.29, 0.717) is 35.1 Å². The number of esters is 1. The Balaban J connectivity index is 1.36. The summed E-state index contributed by atoms with van der Waals surface area (Å²) in [5.41, 5.74) is 1.45. The summed E-state index contributed by atoms with van der Waals surface area (Å²) in [5, 5.41) is 11.7. The van der Waals surface area contributed by atoms with Crippen LogP contribution in [0.4, 0.5) is 0 Å². The highest BCUT2D eigenvalue weighted by molar-refractivity contribution is 6.30. The predicted octanol–water partition coefficient (Wildman–Crippen LogP) is 5.37. The molecule has 4 aliphatic rings. The van der Waals surface area contributed by atoms with Crippen molar-refractivity contribution in [3.8, 4) is 0 Å². The quantitative estimate of drug-likeness (QED) is 0.494. The monoisotopic (exact) mass is 442 g/mol. The Kier molecular flexibility index (Phi) is 5.10. The van der Waals surface area contributed by atoms with Gasteiger partial charge in [0, 0.05) is 23.3 Å². The minimum Gasteiger partial charge on any atom is -0.458 e. The van der Waals surface area contributed by atoms with Crippen molar-refractivity contribution in [1.29, 1.82) is 0 Å². The van der Waals surface area contributed by atoms with E-state index in [2.05, 4.69) is 13.8 Å². The average Bonchev–Trinajstić information content (AvgIpc) is 3.04. The van der Waals surface area contributed by atoms with Crippen LogP contribution in [-0.2, 0) is 9.53 Å². The van der Waals surface area contributed by atoms with Gasteiger partial charge >= 0.3 is 5.97 Å². The van der Waals surface area contributed by atoms with Crippen LogP contribution in [0.3, 0.4) is 0 Å². The van der Waals surface area contributed by atoms with Gasteiger partial charge in [-0.3, -0.25) is 4.79 Å². The summed E-state index contributed by atoms with van der Waals surface area (Å²) in [5.74, 6) is 0.867. The van der Waals surface area contributed by atoms with Gasteiger partial charge in [0.1, 0.15) is 11.9 Å². The number of aliphatic hydroxyl groups is 1. The molecule has 3 fully saturated rings. The molecule has 0 unspecified atom stereocenters. The van der Waals surface area contributed by atoms with Crippen molar-refractivity contribution >= 4 is 23.4 Å². The number of aliphatic hydroxyl groups excluding tert-OH is 1. The number of ether oxygens (including phenoxy) is 1. The number of rotatable bonds is 2. The molecule has 0 heterocycles. The summed E-state index contributed by atoms with van der Waals surface area (Å²) in [7, 11) is 0. The molecule has 7 atom stereocenters. The number of hydrogen-bond acceptors (Lipinski definition) is 4. The van der Waals surface area contributed by atoms with Gasteiger partial charge in [-0.25, -0.2) is 4.79 Å². The molecule has 1 aromatic carbocycles. The van der Waals surface area contributed by atoms with Gasteiger partial charge in [-0.2, -0.15) is 0 Å². The Labute approximate surface area is 189 Å². The summed E-state index contributed by atoms with van der Waals surface area (Å²) in [6.45, 7) is 4.46. The van der Waals surface area contributed by atoms with Gasteiger partial charge in [-0.15, -0.1) is 0 Å². The molecule has 1 aromatic rings. The van der Waals surface area contributed by atoms with Gasteiger partial charge in [-0.1, -0.05) is 43.2 Å². The van der Waals surface area contributed by atoms with Crippen LogP contribution in [0.5, 0.6) is 0 Å². The molecule has 0 bridgehead atoms. The van der Waals surface area contributed by atoms with Crippen molar-refractivity contribution in [2.24, 2.45) is 28.6 Å². The Morgan fingerprint density at radius 2 is 1.87 bits per heavy atom. The van der Waals surface area contributed by atoms with Crippen LogP contribution in [0.2, 0.25) is 5.02 Å². The standard InChI is InChI=1S/C26H31ClO4/c1-25-10-8-18(31-24(30)15-4-3-5-17(27)12-15)13-16(25)14-21(28)23-19-6-7-22(29)26(19,2)11-9-20(23)25/h3-5,12,14,18-21,23,28H,6-11,13H2,1-2H3/t18-,19-,20-,21+,23-,25-,26-/m0/s1. The van der Waals surface area contributed by atoms with E-state index in [1.807, 2.05) is 6.08 Å². The summed E-state index contributed by atoms with van der Waals surface area (Å²) in [6.07, 6.45) is 7.25. The number of hydrogen-bond donors (Lipinski definition) is 1. The molecule has 0 aromatic heterocycles. The van der Waals surface area contributed by atoms with E-state index in [9.17, 15) is 14.7 Å². The Morgan fingerprint density at radius 1 is 1.13 bits per heavy atom. The molecule has 3 saturated carbocycles. The average molecular weight is 443 g/mol. The van der Waals surface area contributed by atoms with E-state index in [0.717, 1.165) is 32.1 Å². The van der Waals surface area contributed by atoms with Crippen LogP contribution >= 0.6 is 11.6 Å². The molecule has 31 heavy (non-hydrogen) atoms. The van der Waals surface area contributed by atoms with Crippen molar-refractivity contribution in [3.63, 3.8) is 0 Å². The van der Waals surface area contributed by atoms with Gasteiger partial charge in [0.25, 0.3) is 0 Å². The molecule has 0 saturated heterocycles. The van der Waals surface area contributed by atoms with E-state index in [1.165, 1.54) is 5.57 Å². The second kappa shape index (κ2) is 7.45. The third-order valence-corrected chi connectivity index (χ3v) is 9.36. The zero-order valence-corrected chi connectivity index (χ0v) is 19.0. The molecule has 0 radical (unpaired) electrons. The first kappa shape index (κ1) is 21.2. The van der Waals surface area contributed by atoms with Crippen molar-refractivity contribution < 1.29 is 19.4 Å². The second-order valence-electron chi connectivity index (χ2n) is 10.6. The van der Waals surface area contributed by atoms with E-state index < -0.39 is 6.10 Å². The molecule has 5 heteroatoms. The number of carbonyl (C=O) groups is 2. The molecular weight excluding hydrogens is 412 g/mol. The lowest BCUT2D eigenvalue weighted by atomic mass is 9.47. The number of ketones is 1. The maximum atomic E-state index is 12.6. The molecule has 0 aliphatic heterocycles. The highest BCUT2D eigenvalue weighted by atomic mass is 35.5. The molecule has 0 amide bonds. The lowest BCUT2D eigenvalue weighted by Gasteiger charge is -2.58. The van der Waals surface area contributed by atoms with E-state index in [4.69, 9.17) is 16.3 Å². The number of benzene rings is 1.